The van der Waals surface area contributed by atoms with Gasteiger partial charge in [0.2, 0.25) is 0 Å². The summed E-state index contributed by atoms with van der Waals surface area (Å²) in [4.78, 5) is 12.1. The van der Waals surface area contributed by atoms with E-state index in [2.05, 4.69) is 16.6 Å². The van der Waals surface area contributed by atoms with Crippen LogP contribution < -0.4 is 15.4 Å². The maximum Gasteiger partial charge on any atom is 0.251 e. The summed E-state index contributed by atoms with van der Waals surface area (Å²) in [6.45, 7) is 1.68. The van der Waals surface area contributed by atoms with Gasteiger partial charge in [-0.25, -0.2) is 0 Å². The summed E-state index contributed by atoms with van der Waals surface area (Å²) in [5, 5.41) is 6.14. The van der Waals surface area contributed by atoms with Gasteiger partial charge in [-0.05, 0) is 24.3 Å². The molecule has 0 bridgehead atoms. The Balaban J connectivity index is 0.00000220. The number of halogens is 1. The van der Waals surface area contributed by atoms with E-state index in [9.17, 15) is 4.79 Å². The van der Waals surface area contributed by atoms with Gasteiger partial charge in [0.25, 0.3) is 5.91 Å². The Morgan fingerprint density at radius 3 is 2.76 bits per heavy atom. The molecule has 5 nitrogen and oxygen atoms in total. The lowest BCUT2D eigenvalue weighted by Crippen LogP contribution is -2.43. The number of rotatable bonds is 5. The lowest BCUT2D eigenvalue weighted by Gasteiger charge is -2.18. The average Bonchev–Trinajstić information content (AvgIpc) is 2.92. The van der Waals surface area contributed by atoms with Crippen LogP contribution in [0.3, 0.4) is 0 Å². The van der Waals surface area contributed by atoms with Crippen molar-refractivity contribution in [2.75, 3.05) is 26.8 Å². The van der Waals surface area contributed by atoms with Gasteiger partial charge in [0.1, 0.15) is 12.4 Å². The quantitative estimate of drug-likeness (QED) is 0.791. The Kier molecular flexibility index (Phi) is 7.03. The van der Waals surface area contributed by atoms with E-state index < -0.39 is 0 Å². The molecule has 6 heteroatoms. The molecule has 1 fully saturated rings. The van der Waals surface area contributed by atoms with Gasteiger partial charge in [-0.1, -0.05) is 5.92 Å². The molecule has 1 aromatic carbocycles. The maximum atomic E-state index is 12.1. The van der Waals surface area contributed by atoms with Crippen LogP contribution in [0, 0.1) is 12.3 Å². The Labute approximate surface area is 130 Å². The fourth-order valence-electron chi connectivity index (χ4n) is 2.13. The first-order chi connectivity index (χ1) is 9.74. The van der Waals surface area contributed by atoms with Gasteiger partial charge in [0.05, 0.1) is 12.1 Å². The highest BCUT2D eigenvalue weighted by Gasteiger charge is 2.28. The Hall–Kier alpha value is -1.74. The van der Waals surface area contributed by atoms with Crippen molar-refractivity contribution in [1.29, 1.82) is 0 Å². The third kappa shape index (κ3) is 4.64. The first kappa shape index (κ1) is 17.3. The van der Waals surface area contributed by atoms with Crippen LogP contribution in [0.15, 0.2) is 24.3 Å². The average molecular weight is 311 g/mol. The number of hydrogen-bond donors (Lipinski definition) is 2. The summed E-state index contributed by atoms with van der Waals surface area (Å²) >= 11 is 0. The van der Waals surface area contributed by atoms with Crippen LogP contribution >= 0.6 is 12.4 Å². The predicted octanol–water partition coefficient (Wildman–Crippen LogP) is 0.837. The molecule has 0 aliphatic carbocycles. The summed E-state index contributed by atoms with van der Waals surface area (Å²) < 4.78 is 10.6. The van der Waals surface area contributed by atoms with Crippen molar-refractivity contribution in [3.8, 4) is 18.1 Å². The fourth-order valence-corrected chi connectivity index (χ4v) is 2.13. The van der Waals surface area contributed by atoms with Crippen molar-refractivity contribution in [2.45, 2.75) is 12.1 Å². The number of ether oxygens (including phenoxy) is 2. The molecule has 2 N–H and O–H groups in total. The normalized spacial score (nSPS) is 20.2. The Bertz CT molecular complexity index is 499. The van der Waals surface area contributed by atoms with Crippen LogP contribution in [0.25, 0.3) is 0 Å². The molecule has 0 aromatic heterocycles. The largest absolute Gasteiger partial charge is 0.481 e. The van der Waals surface area contributed by atoms with Crippen LogP contribution in [0.5, 0.6) is 5.75 Å². The molecule has 2 atom stereocenters. The minimum absolute atomic E-state index is 0. The van der Waals surface area contributed by atoms with Crippen molar-refractivity contribution in [1.82, 2.24) is 10.6 Å². The number of carbonyl (C=O) groups is 1. The third-order valence-corrected chi connectivity index (χ3v) is 3.22. The van der Waals surface area contributed by atoms with Gasteiger partial charge in [-0.15, -0.1) is 18.8 Å². The minimum atomic E-state index is -0.121. The van der Waals surface area contributed by atoms with E-state index in [4.69, 9.17) is 15.9 Å². The first-order valence-corrected chi connectivity index (χ1v) is 6.45. The van der Waals surface area contributed by atoms with Crippen LogP contribution in [0.4, 0.5) is 0 Å². The molecule has 114 valence electrons. The smallest absolute Gasteiger partial charge is 0.251 e. The second-order valence-electron chi connectivity index (χ2n) is 4.53. The summed E-state index contributed by atoms with van der Waals surface area (Å²) in [5.41, 5.74) is 0.583. The van der Waals surface area contributed by atoms with Crippen molar-refractivity contribution in [2.24, 2.45) is 0 Å². The van der Waals surface area contributed by atoms with Gasteiger partial charge in [-0.3, -0.25) is 4.79 Å². The van der Waals surface area contributed by atoms with Crippen molar-refractivity contribution in [3.63, 3.8) is 0 Å². The van der Waals surface area contributed by atoms with E-state index in [1.54, 1.807) is 31.4 Å². The monoisotopic (exact) mass is 310 g/mol. The number of nitrogens with one attached hydrogen (secondary N) is 2. The zero-order chi connectivity index (χ0) is 14.4. The van der Waals surface area contributed by atoms with Crippen molar-refractivity contribution in [3.05, 3.63) is 29.8 Å². The molecule has 0 saturated carbocycles. The zero-order valence-corrected chi connectivity index (χ0v) is 12.6. The maximum absolute atomic E-state index is 12.1. The van der Waals surface area contributed by atoms with E-state index in [-0.39, 0.29) is 37.1 Å². The molecule has 1 aliphatic rings. The number of hydrogen-bond acceptors (Lipinski definition) is 4. The topological polar surface area (TPSA) is 59.6 Å². The van der Waals surface area contributed by atoms with E-state index in [0.29, 0.717) is 17.9 Å². The summed E-state index contributed by atoms with van der Waals surface area (Å²) in [6, 6.07) is 6.88. The van der Waals surface area contributed by atoms with Gasteiger partial charge in [-0.2, -0.15) is 0 Å². The van der Waals surface area contributed by atoms with Crippen molar-refractivity contribution >= 4 is 18.3 Å². The number of benzene rings is 1. The predicted molar refractivity (Wildman–Crippen MR) is 82.9 cm³/mol. The molecule has 0 spiro atoms. The molecule has 1 unspecified atom stereocenters. The van der Waals surface area contributed by atoms with Crippen LogP contribution in [-0.4, -0.2) is 44.9 Å². The van der Waals surface area contributed by atoms with Gasteiger partial charge >= 0.3 is 0 Å². The van der Waals surface area contributed by atoms with Gasteiger partial charge in [0, 0.05) is 25.8 Å². The number of amides is 1. The molecule has 1 aromatic rings. The first-order valence-electron chi connectivity index (χ1n) is 6.45. The second-order valence-corrected chi connectivity index (χ2v) is 4.53. The molecule has 21 heavy (non-hydrogen) atoms. The van der Waals surface area contributed by atoms with E-state index >= 15 is 0 Å². The van der Waals surface area contributed by atoms with Gasteiger partial charge < -0.3 is 20.1 Å². The fraction of sp³-hybridized carbons (Fsp3) is 0.400. The van der Waals surface area contributed by atoms with Gasteiger partial charge in [0.15, 0.2) is 0 Å². The molecular weight excluding hydrogens is 292 g/mol. The molecular formula is C15H19ClN2O3. The number of terminal acetylenes is 1. The highest BCUT2D eigenvalue weighted by Crippen LogP contribution is 2.13. The van der Waals surface area contributed by atoms with E-state index in [1.807, 2.05) is 0 Å². The summed E-state index contributed by atoms with van der Waals surface area (Å²) in [6.07, 6.45) is 5.13. The molecule has 0 radical (unpaired) electrons. The molecule has 2 rings (SSSR count). The molecule has 1 aliphatic heterocycles. The summed E-state index contributed by atoms with van der Waals surface area (Å²) in [5.74, 6) is 2.92. The highest BCUT2D eigenvalue weighted by molar-refractivity contribution is 5.94. The number of methoxy groups -OCH3 is 1. The zero-order valence-electron chi connectivity index (χ0n) is 11.8. The Morgan fingerprint density at radius 2 is 2.14 bits per heavy atom. The SMILES string of the molecule is C#CCOc1ccc(C(=O)NC2CNC[C@@H]2OC)cc1.Cl. The minimum Gasteiger partial charge on any atom is -0.481 e. The second kappa shape index (κ2) is 8.53. The Morgan fingerprint density at radius 1 is 1.43 bits per heavy atom. The number of carbonyl (C=O) groups excluding carboxylic acids is 1. The lowest BCUT2D eigenvalue weighted by molar-refractivity contribution is 0.0780. The third-order valence-electron chi connectivity index (χ3n) is 3.22. The van der Waals surface area contributed by atoms with Crippen LogP contribution in [-0.2, 0) is 4.74 Å². The highest BCUT2D eigenvalue weighted by atomic mass is 35.5. The van der Waals surface area contributed by atoms with E-state index in [1.165, 1.54) is 0 Å². The molecule has 1 heterocycles. The standard InChI is InChI=1S/C15H18N2O3.ClH/c1-3-8-20-12-6-4-11(5-7-12)15(18)17-13-9-16-10-14(13)19-2;/h1,4-7,13-14,16H,8-10H2,2H3,(H,17,18);1H/t13?,14-;/m0./s1. The van der Waals surface area contributed by atoms with Crippen LogP contribution in [0.1, 0.15) is 10.4 Å². The molecule has 1 amide bonds. The molecule has 1 saturated heterocycles. The lowest BCUT2D eigenvalue weighted by atomic mass is 10.1. The van der Waals surface area contributed by atoms with Crippen molar-refractivity contribution < 1.29 is 14.3 Å². The van der Waals surface area contributed by atoms with E-state index in [0.717, 1.165) is 6.54 Å². The van der Waals surface area contributed by atoms with Crippen LogP contribution in [0.2, 0.25) is 0 Å². The summed E-state index contributed by atoms with van der Waals surface area (Å²) in [7, 11) is 1.65.